The topological polar surface area (TPSA) is 71.5 Å². The van der Waals surface area contributed by atoms with Gasteiger partial charge in [-0.25, -0.2) is 0 Å². The van der Waals surface area contributed by atoms with Crippen LogP contribution >= 0.6 is 0 Å². The molecule has 0 spiro atoms. The molecule has 1 aromatic heterocycles. The van der Waals surface area contributed by atoms with Crippen LogP contribution in [-0.2, 0) is 4.79 Å². The highest BCUT2D eigenvalue weighted by Crippen LogP contribution is 2.37. The van der Waals surface area contributed by atoms with Gasteiger partial charge < -0.3 is 15.2 Å². The van der Waals surface area contributed by atoms with Crippen molar-refractivity contribution in [2.45, 2.75) is 31.9 Å². The van der Waals surface area contributed by atoms with Crippen LogP contribution in [0.25, 0.3) is 0 Å². The Balaban J connectivity index is 1.62. The number of hydrogen-bond donors (Lipinski definition) is 2. The van der Waals surface area contributed by atoms with Gasteiger partial charge in [-0.3, -0.25) is 9.78 Å². The minimum atomic E-state index is -0.277. The van der Waals surface area contributed by atoms with Gasteiger partial charge in [-0.1, -0.05) is 24.3 Å². The van der Waals surface area contributed by atoms with E-state index in [9.17, 15) is 9.90 Å². The van der Waals surface area contributed by atoms with E-state index >= 15 is 0 Å². The molecule has 5 heteroatoms. The summed E-state index contributed by atoms with van der Waals surface area (Å²) in [4.78, 5) is 16.7. The molecule has 1 saturated carbocycles. The first-order valence-electron chi connectivity index (χ1n) is 8.20. The standard InChI is InChI=1S/C19H22N2O3/c1-13-6-2-3-8-17(13)24-12-18(23)21-19(14-10-15(22)11-14)16-7-4-5-9-20-16/h2-9,14-15,19,22H,10-12H2,1H3,(H,21,23). The van der Waals surface area contributed by atoms with E-state index < -0.39 is 0 Å². The van der Waals surface area contributed by atoms with E-state index in [1.54, 1.807) is 6.20 Å². The number of para-hydroxylation sites is 1. The van der Waals surface area contributed by atoms with Crippen LogP contribution in [0.15, 0.2) is 48.7 Å². The fraction of sp³-hybridized carbons (Fsp3) is 0.368. The number of pyridine rings is 1. The zero-order valence-electron chi connectivity index (χ0n) is 13.7. The molecule has 1 aromatic carbocycles. The number of nitrogens with zero attached hydrogens (tertiary/aromatic N) is 1. The van der Waals surface area contributed by atoms with Crippen molar-refractivity contribution in [1.82, 2.24) is 10.3 Å². The van der Waals surface area contributed by atoms with Crippen molar-refractivity contribution in [1.29, 1.82) is 0 Å². The predicted octanol–water partition coefficient (Wildman–Crippen LogP) is 2.40. The monoisotopic (exact) mass is 326 g/mol. The van der Waals surface area contributed by atoms with Gasteiger partial charge in [0, 0.05) is 6.20 Å². The zero-order chi connectivity index (χ0) is 16.9. The van der Waals surface area contributed by atoms with E-state index in [4.69, 9.17) is 4.74 Å². The fourth-order valence-corrected chi connectivity index (χ4v) is 2.97. The number of amides is 1. The molecule has 5 nitrogen and oxygen atoms in total. The van der Waals surface area contributed by atoms with Crippen LogP contribution in [0.2, 0.25) is 0 Å². The van der Waals surface area contributed by atoms with Crippen LogP contribution in [0, 0.1) is 12.8 Å². The third-order valence-electron chi connectivity index (χ3n) is 4.40. The van der Waals surface area contributed by atoms with Crippen LogP contribution < -0.4 is 10.1 Å². The number of aromatic nitrogens is 1. The summed E-state index contributed by atoms with van der Waals surface area (Å²) in [7, 11) is 0. The quantitative estimate of drug-likeness (QED) is 0.855. The number of rotatable bonds is 6. The molecule has 126 valence electrons. The smallest absolute Gasteiger partial charge is 0.258 e. The molecule has 2 N–H and O–H groups in total. The Bertz CT molecular complexity index is 684. The van der Waals surface area contributed by atoms with Crippen molar-refractivity contribution in [2.75, 3.05) is 6.61 Å². The average molecular weight is 326 g/mol. The number of nitrogens with one attached hydrogen (secondary N) is 1. The second-order valence-electron chi connectivity index (χ2n) is 6.24. The fourth-order valence-electron chi connectivity index (χ4n) is 2.97. The summed E-state index contributed by atoms with van der Waals surface area (Å²) in [5, 5.41) is 12.6. The van der Waals surface area contributed by atoms with Gasteiger partial charge in [-0.15, -0.1) is 0 Å². The van der Waals surface area contributed by atoms with Crippen LogP contribution in [0.5, 0.6) is 5.75 Å². The van der Waals surface area contributed by atoms with Gasteiger partial charge in [0.2, 0.25) is 0 Å². The average Bonchev–Trinajstić information content (AvgIpc) is 2.57. The minimum absolute atomic E-state index is 0.0382. The Morgan fingerprint density at radius 2 is 2.04 bits per heavy atom. The number of benzene rings is 1. The Morgan fingerprint density at radius 3 is 2.71 bits per heavy atom. The van der Waals surface area contributed by atoms with Crippen LogP contribution in [0.1, 0.15) is 30.1 Å². The first-order valence-corrected chi connectivity index (χ1v) is 8.20. The van der Waals surface area contributed by atoms with E-state index in [1.807, 2.05) is 49.4 Å². The van der Waals surface area contributed by atoms with Crippen molar-refractivity contribution in [3.8, 4) is 5.75 Å². The molecule has 1 heterocycles. The molecule has 1 atom stereocenters. The molecule has 1 fully saturated rings. The van der Waals surface area contributed by atoms with E-state index in [0.717, 1.165) is 11.3 Å². The first-order chi connectivity index (χ1) is 11.6. The molecular weight excluding hydrogens is 304 g/mol. The number of aliphatic hydroxyl groups is 1. The molecule has 1 aliphatic rings. The maximum absolute atomic E-state index is 12.3. The molecule has 2 aromatic rings. The van der Waals surface area contributed by atoms with Gasteiger partial charge in [-0.2, -0.15) is 0 Å². The highest BCUT2D eigenvalue weighted by molar-refractivity contribution is 5.78. The summed E-state index contributed by atoms with van der Waals surface area (Å²) in [5.41, 5.74) is 1.81. The Kier molecular flexibility index (Phi) is 5.11. The van der Waals surface area contributed by atoms with Crippen molar-refractivity contribution in [3.05, 3.63) is 59.9 Å². The number of hydrogen-bond acceptors (Lipinski definition) is 4. The predicted molar refractivity (Wildman–Crippen MR) is 90.5 cm³/mol. The Hall–Kier alpha value is -2.40. The normalized spacial score (nSPS) is 20.8. The van der Waals surface area contributed by atoms with Gasteiger partial charge in [0.25, 0.3) is 5.91 Å². The number of carbonyl (C=O) groups excluding carboxylic acids is 1. The van der Waals surface area contributed by atoms with E-state index in [1.165, 1.54) is 0 Å². The lowest BCUT2D eigenvalue weighted by Crippen LogP contribution is -2.43. The highest BCUT2D eigenvalue weighted by atomic mass is 16.5. The molecule has 0 saturated heterocycles. The minimum Gasteiger partial charge on any atom is -0.484 e. The zero-order valence-corrected chi connectivity index (χ0v) is 13.7. The second kappa shape index (κ2) is 7.45. The lowest BCUT2D eigenvalue weighted by atomic mass is 9.76. The number of carbonyl (C=O) groups is 1. The summed E-state index contributed by atoms with van der Waals surface area (Å²) < 4.78 is 5.61. The molecule has 24 heavy (non-hydrogen) atoms. The maximum atomic E-state index is 12.3. The third-order valence-corrected chi connectivity index (χ3v) is 4.40. The number of ether oxygens (including phenoxy) is 1. The van der Waals surface area contributed by atoms with E-state index in [0.29, 0.717) is 18.6 Å². The highest BCUT2D eigenvalue weighted by Gasteiger charge is 2.36. The lowest BCUT2D eigenvalue weighted by molar-refractivity contribution is -0.125. The summed E-state index contributed by atoms with van der Waals surface area (Å²) in [6.07, 6.45) is 2.80. The molecule has 1 unspecified atom stereocenters. The molecule has 3 rings (SSSR count). The lowest BCUT2D eigenvalue weighted by Gasteiger charge is -2.37. The van der Waals surface area contributed by atoms with Gasteiger partial charge >= 0.3 is 0 Å². The van der Waals surface area contributed by atoms with Gasteiger partial charge in [0.15, 0.2) is 6.61 Å². The van der Waals surface area contributed by atoms with E-state index in [-0.39, 0.29) is 30.6 Å². The molecule has 0 aliphatic heterocycles. The van der Waals surface area contributed by atoms with E-state index in [2.05, 4.69) is 10.3 Å². The van der Waals surface area contributed by atoms with Crippen molar-refractivity contribution in [3.63, 3.8) is 0 Å². The first kappa shape index (κ1) is 16.5. The second-order valence-corrected chi connectivity index (χ2v) is 6.24. The van der Waals surface area contributed by atoms with Gasteiger partial charge in [0.05, 0.1) is 17.8 Å². The number of aryl methyl sites for hydroxylation is 1. The summed E-state index contributed by atoms with van der Waals surface area (Å²) in [6.45, 7) is 1.91. The Labute approximate surface area is 141 Å². The summed E-state index contributed by atoms with van der Waals surface area (Å²) >= 11 is 0. The summed E-state index contributed by atoms with van der Waals surface area (Å²) in [5.74, 6) is 0.730. The molecule has 1 amide bonds. The molecule has 1 aliphatic carbocycles. The third kappa shape index (κ3) is 3.92. The van der Waals surface area contributed by atoms with Crippen molar-refractivity contribution < 1.29 is 14.6 Å². The summed E-state index contributed by atoms with van der Waals surface area (Å²) in [6, 6.07) is 13.1. The van der Waals surface area contributed by atoms with Crippen molar-refractivity contribution in [2.24, 2.45) is 5.92 Å². The van der Waals surface area contributed by atoms with Crippen LogP contribution in [0.4, 0.5) is 0 Å². The van der Waals surface area contributed by atoms with Crippen molar-refractivity contribution >= 4 is 5.91 Å². The van der Waals surface area contributed by atoms with Crippen LogP contribution in [-0.4, -0.2) is 28.7 Å². The van der Waals surface area contributed by atoms with Gasteiger partial charge in [0.1, 0.15) is 5.75 Å². The van der Waals surface area contributed by atoms with Gasteiger partial charge in [-0.05, 0) is 49.4 Å². The largest absolute Gasteiger partial charge is 0.484 e. The Morgan fingerprint density at radius 1 is 1.29 bits per heavy atom. The maximum Gasteiger partial charge on any atom is 0.258 e. The van der Waals surface area contributed by atoms with Crippen LogP contribution in [0.3, 0.4) is 0 Å². The molecular formula is C19H22N2O3. The molecule has 0 radical (unpaired) electrons. The number of aliphatic hydroxyl groups excluding tert-OH is 1. The molecule has 0 bridgehead atoms. The SMILES string of the molecule is Cc1ccccc1OCC(=O)NC(c1ccccn1)C1CC(O)C1.